The van der Waals surface area contributed by atoms with Crippen LogP contribution in [0, 0.1) is 0 Å². The number of carbonyl (C=O) groups is 1. The Morgan fingerprint density at radius 1 is 1.16 bits per heavy atom. The maximum Gasteiger partial charge on any atom is 0.416 e. The summed E-state index contributed by atoms with van der Waals surface area (Å²) in [5, 5.41) is 1.36. The molecule has 1 saturated heterocycles. The highest BCUT2D eigenvalue weighted by atomic mass is 35.5. The van der Waals surface area contributed by atoms with Gasteiger partial charge in [0.2, 0.25) is 15.9 Å². The predicted octanol–water partition coefficient (Wildman–Crippen LogP) is 4.05. The molecule has 38 heavy (non-hydrogen) atoms. The Morgan fingerprint density at radius 3 is 2.29 bits per heavy atom. The average molecular weight is 586 g/mol. The van der Waals surface area contributed by atoms with E-state index < -0.39 is 62.2 Å². The Balaban J connectivity index is 1.75. The van der Waals surface area contributed by atoms with E-state index in [1.54, 1.807) is 0 Å². The van der Waals surface area contributed by atoms with Crippen LogP contribution in [0.15, 0.2) is 28.2 Å². The molecule has 3 rings (SSSR count). The Morgan fingerprint density at radius 2 is 1.76 bits per heavy atom. The van der Waals surface area contributed by atoms with Gasteiger partial charge >= 0.3 is 6.18 Å². The lowest BCUT2D eigenvalue weighted by Crippen LogP contribution is -2.63. The number of alkyl halides is 5. The molecule has 1 heterocycles. The number of sulfonamides is 1. The zero-order valence-electron chi connectivity index (χ0n) is 20.4. The quantitative estimate of drug-likeness (QED) is 0.308. The molecule has 1 amide bonds. The number of piperazine rings is 1. The van der Waals surface area contributed by atoms with Crippen molar-refractivity contribution in [2.45, 2.75) is 43.3 Å². The fraction of sp³-hybridized carbons (Fsp3) is 0.591. The highest BCUT2D eigenvalue weighted by Gasteiger charge is 2.48. The summed E-state index contributed by atoms with van der Waals surface area (Å²) in [7, 11) is -2.79. The summed E-state index contributed by atoms with van der Waals surface area (Å²) >= 11 is 5.92. The van der Waals surface area contributed by atoms with Gasteiger partial charge in [-0.2, -0.15) is 17.5 Å². The van der Waals surface area contributed by atoms with Crippen LogP contribution in [0.3, 0.4) is 0 Å². The number of rotatable bonds is 6. The third kappa shape index (κ3) is 6.79. The van der Waals surface area contributed by atoms with E-state index in [9.17, 15) is 35.2 Å². The van der Waals surface area contributed by atoms with Crippen molar-refractivity contribution in [1.82, 2.24) is 14.5 Å². The van der Waals surface area contributed by atoms with Crippen LogP contribution < -0.4 is 5.32 Å². The first kappa shape index (κ1) is 30.2. The van der Waals surface area contributed by atoms with Crippen molar-refractivity contribution in [3.8, 4) is 0 Å². The lowest BCUT2D eigenvalue weighted by Gasteiger charge is -2.50. The van der Waals surface area contributed by atoms with Crippen LogP contribution in [-0.2, 0) is 16.2 Å². The lowest BCUT2D eigenvalue weighted by atomic mass is 9.78. The monoisotopic (exact) mass is 585 g/mol. The smallest absolute Gasteiger partial charge is 0.416 e. The van der Waals surface area contributed by atoms with Gasteiger partial charge in [-0.15, -0.1) is 0 Å². The van der Waals surface area contributed by atoms with Gasteiger partial charge in [-0.25, -0.2) is 17.2 Å². The van der Waals surface area contributed by atoms with Gasteiger partial charge in [-0.05, 0) is 31.0 Å². The molecule has 2 fully saturated rings. The van der Waals surface area contributed by atoms with Crippen LogP contribution in [-0.4, -0.2) is 86.3 Å². The molecule has 1 aromatic carbocycles. The van der Waals surface area contributed by atoms with Crippen LogP contribution in [0.25, 0.3) is 5.73 Å². The molecule has 0 bridgehead atoms. The fourth-order valence-corrected chi connectivity index (χ4v) is 5.94. The molecule has 16 heteroatoms. The number of carbonyl (C=O) groups excluding carboxylic acids is 1. The van der Waals surface area contributed by atoms with E-state index >= 15 is 0 Å². The third-order valence-electron chi connectivity index (χ3n) is 6.82. The zero-order valence-corrected chi connectivity index (χ0v) is 21.9. The van der Waals surface area contributed by atoms with E-state index in [1.807, 2.05) is 4.90 Å². The first-order valence-electron chi connectivity index (χ1n) is 11.6. The second-order valence-electron chi connectivity index (χ2n) is 9.15. The molecule has 0 aromatic heterocycles. The molecule has 1 saturated carbocycles. The zero-order chi connectivity index (χ0) is 28.4. The SMILES string of the molecule is CN=CN=C([NH-])S(=O)(=O)N1CCN(C2(CNC(=O)c3ccc(C(F)(F)F)cc3Cl)CCC(F)(F)CC2)CC1. The van der Waals surface area contributed by atoms with Crippen LogP contribution in [0.1, 0.15) is 41.6 Å². The normalized spacial score (nSPS) is 21.5. The van der Waals surface area contributed by atoms with E-state index in [1.165, 1.54) is 7.05 Å². The maximum absolute atomic E-state index is 14.0. The van der Waals surface area contributed by atoms with E-state index in [0.29, 0.717) is 6.07 Å². The molecule has 212 valence electrons. The molecule has 0 spiro atoms. The summed E-state index contributed by atoms with van der Waals surface area (Å²) in [4.78, 5) is 21.6. The van der Waals surface area contributed by atoms with Gasteiger partial charge in [-0.1, -0.05) is 11.6 Å². The van der Waals surface area contributed by atoms with E-state index in [2.05, 4.69) is 15.3 Å². The summed E-state index contributed by atoms with van der Waals surface area (Å²) in [6, 6.07) is 2.33. The van der Waals surface area contributed by atoms with Gasteiger partial charge in [0, 0.05) is 69.7 Å². The predicted molar refractivity (Wildman–Crippen MR) is 133 cm³/mol. The standard InChI is InChI=1S/C22H28ClF5N6O3S/c1-30-14-32-19(29)38(36,37)34-10-8-33(9-11-34)20(4-6-21(24,25)7-5-20)13-31-18(35)16-3-2-15(12-17(16)23)22(26,27)28/h2-3,12,14H,4-11,13H2,1H3,(H3,29,30,31,32,35)/p-1. The molecule has 0 unspecified atom stereocenters. The number of hydrogen-bond acceptors (Lipinski definition) is 5. The summed E-state index contributed by atoms with van der Waals surface area (Å²) < 4.78 is 93.1. The van der Waals surface area contributed by atoms with Gasteiger partial charge in [-0.3, -0.25) is 9.69 Å². The van der Waals surface area contributed by atoms with E-state index in [0.717, 1.165) is 22.8 Å². The van der Waals surface area contributed by atoms with Crippen molar-refractivity contribution in [1.29, 1.82) is 0 Å². The van der Waals surface area contributed by atoms with Crippen molar-refractivity contribution in [2.75, 3.05) is 39.8 Å². The molecular weight excluding hydrogens is 559 g/mol. The Labute approximate surface area is 222 Å². The first-order chi connectivity index (χ1) is 17.6. The number of amidine groups is 1. The summed E-state index contributed by atoms with van der Waals surface area (Å²) in [6.45, 7) is 0.151. The molecule has 1 aliphatic carbocycles. The molecule has 2 N–H and O–H groups in total. The van der Waals surface area contributed by atoms with Crippen molar-refractivity contribution < 1.29 is 35.2 Å². The minimum atomic E-state index is -4.64. The van der Waals surface area contributed by atoms with Crippen molar-refractivity contribution >= 4 is 39.0 Å². The van der Waals surface area contributed by atoms with Gasteiger partial charge in [0.25, 0.3) is 5.91 Å². The number of halogens is 6. The Kier molecular flexibility index (Phi) is 9.06. The minimum absolute atomic E-state index is 0.00584. The number of benzene rings is 1. The lowest BCUT2D eigenvalue weighted by molar-refractivity contribution is -0.137. The van der Waals surface area contributed by atoms with Gasteiger partial charge < -0.3 is 21.0 Å². The van der Waals surface area contributed by atoms with Crippen LogP contribution in [0.4, 0.5) is 22.0 Å². The summed E-state index contributed by atoms with van der Waals surface area (Å²) in [6.07, 6.45) is -4.57. The van der Waals surface area contributed by atoms with Crippen LogP contribution in [0.5, 0.6) is 0 Å². The Hall–Kier alpha value is -2.36. The molecular formula is C22H27ClF5N6O3S-. The highest BCUT2D eigenvalue weighted by Crippen LogP contribution is 2.42. The van der Waals surface area contributed by atoms with Gasteiger partial charge in [0.15, 0.2) is 0 Å². The van der Waals surface area contributed by atoms with Gasteiger partial charge in [0.1, 0.15) is 0 Å². The molecule has 9 nitrogen and oxygen atoms in total. The third-order valence-corrected chi connectivity index (χ3v) is 8.77. The fourth-order valence-electron chi connectivity index (χ4n) is 4.60. The second-order valence-corrected chi connectivity index (χ2v) is 11.4. The maximum atomic E-state index is 14.0. The van der Waals surface area contributed by atoms with Crippen molar-refractivity contribution in [3.63, 3.8) is 0 Å². The van der Waals surface area contributed by atoms with Crippen LogP contribution >= 0.6 is 11.6 Å². The molecule has 0 atom stereocenters. The topological polar surface area (TPSA) is 118 Å². The highest BCUT2D eigenvalue weighted by molar-refractivity contribution is 8.04. The number of hydrogen-bond donors (Lipinski definition) is 1. The van der Waals surface area contributed by atoms with Crippen LogP contribution in [0.2, 0.25) is 5.02 Å². The number of nitrogens with one attached hydrogen (secondary N) is 2. The number of aliphatic imine (C=N–C) groups is 2. The molecule has 1 aliphatic heterocycles. The Bertz CT molecular complexity index is 1190. The minimum Gasteiger partial charge on any atom is -0.471 e. The van der Waals surface area contributed by atoms with Crippen molar-refractivity contribution in [3.05, 3.63) is 40.1 Å². The molecule has 1 aromatic rings. The number of amides is 1. The largest absolute Gasteiger partial charge is 0.471 e. The first-order valence-corrected chi connectivity index (χ1v) is 13.4. The van der Waals surface area contributed by atoms with Gasteiger partial charge in [0.05, 0.1) is 16.1 Å². The average Bonchev–Trinajstić information content (AvgIpc) is 2.86. The summed E-state index contributed by atoms with van der Waals surface area (Å²) in [5.74, 6) is -3.64. The number of nitrogens with zero attached hydrogens (tertiary/aromatic N) is 4. The summed E-state index contributed by atoms with van der Waals surface area (Å²) in [5.41, 5.74) is 5.58. The van der Waals surface area contributed by atoms with Crippen molar-refractivity contribution in [2.24, 2.45) is 9.98 Å². The molecule has 0 radical (unpaired) electrons. The van der Waals surface area contributed by atoms with E-state index in [4.69, 9.17) is 17.3 Å². The van der Waals surface area contributed by atoms with E-state index in [-0.39, 0.29) is 51.1 Å². The second kappa shape index (κ2) is 11.4. The molecule has 2 aliphatic rings.